The van der Waals surface area contributed by atoms with Crippen molar-refractivity contribution in [2.75, 3.05) is 26.2 Å². The number of aromatic nitrogens is 1. The zero-order chi connectivity index (χ0) is 11.4. The van der Waals surface area contributed by atoms with Crippen LogP contribution in [0.3, 0.4) is 0 Å². The highest BCUT2D eigenvalue weighted by molar-refractivity contribution is 5.85. The predicted octanol–water partition coefficient (Wildman–Crippen LogP) is 2.11. The Morgan fingerprint density at radius 2 is 2.35 bits per heavy atom. The van der Waals surface area contributed by atoms with Crippen molar-refractivity contribution in [3.05, 3.63) is 30.1 Å². The highest BCUT2D eigenvalue weighted by Gasteiger charge is 2.23. The van der Waals surface area contributed by atoms with E-state index >= 15 is 0 Å². The second-order valence-electron chi connectivity index (χ2n) is 4.90. The van der Waals surface area contributed by atoms with Crippen LogP contribution in [0.1, 0.15) is 25.5 Å². The van der Waals surface area contributed by atoms with Crippen LogP contribution in [-0.2, 0) is 0 Å². The number of nitrogens with one attached hydrogen (secondary N) is 1. The Morgan fingerprint density at radius 1 is 1.53 bits per heavy atom. The van der Waals surface area contributed by atoms with Gasteiger partial charge < -0.3 is 5.32 Å². The van der Waals surface area contributed by atoms with Crippen LogP contribution in [0, 0.1) is 5.92 Å². The normalized spacial score (nSPS) is 21.2. The summed E-state index contributed by atoms with van der Waals surface area (Å²) in [6.07, 6.45) is 3.83. The minimum atomic E-state index is 0. The second kappa shape index (κ2) is 6.94. The fourth-order valence-electron chi connectivity index (χ4n) is 2.34. The Morgan fingerprint density at radius 3 is 3.00 bits per heavy atom. The Bertz CT molecular complexity index is 316. The molecular weight excluding hydrogens is 234 g/mol. The number of halogens is 1. The summed E-state index contributed by atoms with van der Waals surface area (Å²) >= 11 is 0. The smallest absolute Gasteiger partial charge is 0.0488 e. The van der Waals surface area contributed by atoms with E-state index in [9.17, 15) is 0 Å². The van der Waals surface area contributed by atoms with Crippen LogP contribution in [0.5, 0.6) is 0 Å². The van der Waals surface area contributed by atoms with E-state index in [-0.39, 0.29) is 12.4 Å². The first-order chi connectivity index (χ1) is 7.77. The van der Waals surface area contributed by atoms with Crippen molar-refractivity contribution in [2.24, 2.45) is 5.92 Å². The Labute approximate surface area is 110 Å². The number of nitrogens with zero attached hydrogens (tertiary/aromatic N) is 2. The van der Waals surface area contributed by atoms with Crippen LogP contribution in [-0.4, -0.2) is 36.1 Å². The van der Waals surface area contributed by atoms with E-state index in [0.717, 1.165) is 25.6 Å². The molecule has 0 aliphatic carbocycles. The molecule has 0 amide bonds. The quantitative estimate of drug-likeness (QED) is 0.897. The van der Waals surface area contributed by atoms with Gasteiger partial charge in [0.25, 0.3) is 0 Å². The van der Waals surface area contributed by atoms with E-state index in [1.165, 1.54) is 12.1 Å². The van der Waals surface area contributed by atoms with Gasteiger partial charge in [0, 0.05) is 44.6 Å². The second-order valence-corrected chi connectivity index (χ2v) is 4.90. The van der Waals surface area contributed by atoms with E-state index in [4.69, 9.17) is 0 Å². The highest BCUT2D eigenvalue weighted by atomic mass is 35.5. The van der Waals surface area contributed by atoms with Gasteiger partial charge in [-0.2, -0.15) is 0 Å². The van der Waals surface area contributed by atoms with Crippen molar-refractivity contribution in [1.29, 1.82) is 0 Å². The lowest BCUT2D eigenvalue weighted by Crippen LogP contribution is -2.47. The zero-order valence-electron chi connectivity index (χ0n) is 10.6. The van der Waals surface area contributed by atoms with Crippen LogP contribution in [0.2, 0.25) is 0 Å². The Kier molecular flexibility index (Phi) is 5.89. The predicted molar refractivity (Wildman–Crippen MR) is 73.5 cm³/mol. The first-order valence-corrected chi connectivity index (χ1v) is 6.12. The minimum Gasteiger partial charge on any atom is -0.314 e. The van der Waals surface area contributed by atoms with Gasteiger partial charge in [0.2, 0.25) is 0 Å². The van der Waals surface area contributed by atoms with E-state index in [2.05, 4.69) is 35.1 Å². The first-order valence-electron chi connectivity index (χ1n) is 6.12. The molecule has 1 aliphatic heterocycles. The summed E-state index contributed by atoms with van der Waals surface area (Å²) in [4.78, 5) is 6.79. The van der Waals surface area contributed by atoms with Crippen molar-refractivity contribution in [3.63, 3.8) is 0 Å². The molecule has 1 atom stereocenters. The molecule has 1 unspecified atom stereocenters. The molecule has 1 aromatic heterocycles. The summed E-state index contributed by atoms with van der Waals surface area (Å²) in [5.74, 6) is 0.720. The SMILES string of the molecule is CC(C)CN1CCNCC1c1cccnc1.Cl. The van der Waals surface area contributed by atoms with Crippen LogP contribution >= 0.6 is 12.4 Å². The average Bonchev–Trinajstić information content (AvgIpc) is 2.30. The Hall–Kier alpha value is -0.640. The fraction of sp³-hybridized carbons (Fsp3) is 0.615. The van der Waals surface area contributed by atoms with E-state index in [1.807, 2.05) is 18.5 Å². The number of hydrogen-bond donors (Lipinski definition) is 1. The Balaban J connectivity index is 0.00000144. The van der Waals surface area contributed by atoms with Crippen molar-refractivity contribution >= 4 is 12.4 Å². The largest absolute Gasteiger partial charge is 0.314 e. The lowest BCUT2D eigenvalue weighted by Gasteiger charge is -2.37. The monoisotopic (exact) mass is 255 g/mol. The molecule has 4 heteroatoms. The average molecular weight is 256 g/mol. The van der Waals surface area contributed by atoms with Gasteiger partial charge in [0.1, 0.15) is 0 Å². The van der Waals surface area contributed by atoms with Crippen molar-refractivity contribution in [1.82, 2.24) is 15.2 Å². The number of piperazine rings is 1. The van der Waals surface area contributed by atoms with Crippen LogP contribution in [0.15, 0.2) is 24.5 Å². The molecule has 0 spiro atoms. The standard InChI is InChI=1S/C13H21N3.ClH/c1-11(2)10-16-7-6-15-9-13(16)12-4-3-5-14-8-12;/h3-5,8,11,13,15H,6-7,9-10H2,1-2H3;1H. The van der Waals surface area contributed by atoms with Gasteiger partial charge in [0.15, 0.2) is 0 Å². The van der Waals surface area contributed by atoms with E-state index in [0.29, 0.717) is 6.04 Å². The van der Waals surface area contributed by atoms with Gasteiger partial charge in [-0.05, 0) is 17.5 Å². The molecule has 96 valence electrons. The number of hydrogen-bond acceptors (Lipinski definition) is 3. The highest BCUT2D eigenvalue weighted by Crippen LogP contribution is 2.22. The van der Waals surface area contributed by atoms with Gasteiger partial charge in [-0.25, -0.2) is 0 Å². The van der Waals surface area contributed by atoms with Gasteiger partial charge in [-0.15, -0.1) is 12.4 Å². The summed E-state index contributed by atoms with van der Waals surface area (Å²) in [5.41, 5.74) is 1.33. The maximum atomic E-state index is 4.22. The third kappa shape index (κ3) is 3.95. The summed E-state index contributed by atoms with van der Waals surface area (Å²) in [6.45, 7) is 9.01. The molecule has 0 radical (unpaired) electrons. The molecule has 1 N–H and O–H groups in total. The topological polar surface area (TPSA) is 28.2 Å². The molecule has 2 heterocycles. The maximum Gasteiger partial charge on any atom is 0.0488 e. The van der Waals surface area contributed by atoms with Crippen LogP contribution in [0.25, 0.3) is 0 Å². The molecule has 1 aliphatic rings. The van der Waals surface area contributed by atoms with Gasteiger partial charge in [-0.3, -0.25) is 9.88 Å². The van der Waals surface area contributed by atoms with Crippen molar-refractivity contribution < 1.29 is 0 Å². The minimum absolute atomic E-state index is 0. The van der Waals surface area contributed by atoms with E-state index < -0.39 is 0 Å². The lowest BCUT2D eigenvalue weighted by atomic mass is 10.0. The summed E-state index contributed by atoms with van der Waals surface area (Å²) in [7, 11) is 0. The maximum absolute atomic E-state index is 4.22. The molecule has 3 nitrogen and oxygen atoms in total. The third-order valence-corrected chi connectivity index (χ3v) is 3.02. The molecule has 0 aromatic carbocycles. The molecule has 0 saturated carbocycles. The molecule has 1 aromatic rings. The van der Waals surface area contributed by atoms with Crippen LogP contribution in [0.4, 0.5) is 0 Å². The summed E-state index contributed by atoms with van der Waals surface area (Å²) < 4.78 is 0. The number of rotatable bonds is 3. The first kappa shape index (κ1) is 14.4. The van der Waals surface area contributed by atoms with Gasteiger partial charge >= 0.3 is 0 Å². The molecule has 2 rings (SSSR count). The fourth-order valence-corrected chi connectivity index (χ4v) is 2.34. The third-order valence-electron chi connectivity index (χ3n) is 3.02. The van der Waals surface area contributed by atoms with Gasteiger partial charge in [-0.1, -0.05) is 19.9 Å². The van der Waals surface area contributed by atoms with Crippen molar-refractivity contribution in [3.8, 4) is 0 Å². The zero-order valence-corrected chi connectivity index (χ0v) is 11.4. The van der Waals surface area contributed by atoms with Gasteiger partial charge in [0.05, 0.1) is 0 Å². The van der Waals surface area contributed by atoms with Crippen LogP contribution < -0.4 is 5.32 Å². The molecule has 1 saturated heterocycles. The molecule has 0 bridgehead atoms. The molecule has 1 fully saturated rings. The van der Waals surface area contributed by atoms with Crippen molar-refractivity contribution in [2.45, 2.75) is 19.9 Å². The van der Waals surface area contributed by atoms with E-state index in [1.54, 1.807) is 0 Å². The summed E-state index contributed by atoms with van der Waals surface area (Å²) in [6, 6.07) is 4.69. The molecule has 17 heavy (non-hydrogen) atoms. The lowest BCUT2D eigenvalue weighted by molar-refractivity contribution is 0.144. The molecular formula is C13H22ClN3. The summed E-state index contributed by atoms with van der Waals surface area (Å²) in [5, 5.41) is 3.47. The number of pyridine rings is 1.